The predicted molar refractivity (Wildman–Crippen MR) is 294 cm³/mol. The van der Waals surface area contributed by atoms with Gasteiger partial charge >= 0.3 is 5.97 Å². The van der Waals surface area contributed by atoms with E-state index in [9.17, 15) is 4.79 Å². The Morgan fingerprint density at radius 3 is 1.65 bits per heavy atom. The maximum Gasteiger partial charge on any atom is 0.333 e. The SMILES string of the molecule is C=CC=C[C@H](C)[C@@H]1C[C@H](C)/C=C/[C@H](O[Si](C)(C)C(C)(C)C)[C@H](C)[C@@H](O[Si](C)(C)C(C)(C)C)CCCC[C@@H](C)[C@H](O[Si](C)(C)C(C)(C)C)[C@H](O[Si](C)(C)C(C)(C)C)OC(=O)/C=C/C=C/[C@H]1C. The van der Waals surface area contributed by atoms with E-state index in [-0.39, 0.29) is 50.1 Å². The van der Waals surface area contributed by atoms with E-state index in [1.165, 1.54) is 0 Å². The van der Waals surface area contributed by atoms with Crippen molar-refractivity contribution in [3.8, 4) is 0 Å². The molecule has 0 fully saturated rings. The molecule has 0 aromatic heterocycles. The molecule has 10 heteroatoms. The van der Waals surface area contributed by atoms with Crippen LogP contribution < -0.4 is 0 Å². The number of carbonyl (C=O) groups is 1. The summed E-state index contributed by atoms with van der Waals surface area (Å²) in [6.07, 6.45) is 22.2. The summed E-state index contributed by atoms with van der Waals surface area (Å²) >= 11 is 0. The number of carbonyl (C=O) groups excluding carboxylic acids is 1. The standard InChI is InChI=1S/C55H106O6Si4/c1-27-28-33-42(3)46-40-41(2)38-39-48(59-63(21,22)53(10,11)12)45(6)47(58-62(19,20)52(7,8)9)36-31-29-35-44(5)50(60-64(23,24)54(13,14)15)51(61-65(25,26)55(16,17)18)57-49(56)37-32-30-34-43(46)4/h27-28,30,32-34,37-39,41-48,50-51H,1,29,31,35-36,40H2,2-26H3/b33-28?,34-30+,37-32+,39-38+/t41-,42+,43-,44-,45-,46+,47+,48+,50+,51+/m1/s1. The van der Waals surface area contributed by atoms with Gasteiger partial charge < -0.3 is 22.4 Å². The molecule has 1 heterocycles. The van der Waals surface area contributed by atoms with Crippen molar-refractivity contribution in [2.75, 3.05) is 0 Å². The highest BCUT2D eigenvalue weighted by Crippen LogP contribution is 2.44. The number of rotatable bonds is 11. The van der Waals surface area contributed by atoms with Crippen molar-refractivity contribution in [3.63, 3.8) is 0 Å². The fourth-order valence-corrected chi connectivity index (χ4v) is 12.6. The monoisotopic (exact) mass is 975 g/mol. The smallest absolute Gasteiger partial charge is 0.333 e. The van der Waals surface area contributed by atoms with Gasteiger partial charge in [0.25, 0.3) is 0 Å². The first-order valence-electron chi connectivity index (χ1n) is 25.5. The van der Waals surface area contributed by atoms with Crippen LogP contribution in [0, 0.1) is 35.5 Å². The van der Waals surface area contributed by atoms with Gasteiger partial charge in [0.1, 0.15) is 6.10 Å². The molecule has 0 unspecified atom stereocenters. The molecule has 1 aliphatic heterocycles. The predicted octanol–water partition coefficient (Wildman–Crippen LogP) is 17.2. The van der Waals surface area contributed by atoms with Gasteiger partial charge in [-0.25, -0.2) is 4.79 Å². The Kier molecular flexibility index (Phi) is 23.4. The second kappa shape index (κ2) is 24.6. The first-order valence-corrected chi connectivity index (χ1v) is 37.1. The molecule has 10 atom stereocenters. The van der Waals surface area contributed by atoms with Crippen molar-refractivity contribution >= 4 is 39.2 Å². The zero-order valence-corrected chi connectivity index (χ0v) is 51.2. The minimum atomic E-state index is -2.42. The van der Waals surface area contributed by atoms with E-state index in [0.29, 0.717) is 17.8 Å². The highest BCUT2D eigenvalue weighted by atomic mass is 28.4. The van der Waals surface area contributed by atoms with E-state index in [1.54, 1.807) is 6.08 Å². The first-order chi connectivity index (χ1) is 29.2. The molecule has 6 nitrogen and oxygen atoms in total. The molecule has 0 aromatic carbocycles. The van der Waals surface area contributed by atoms with E-state index in [0.717, 1.165) is 32.1 Å². The molecule has 0 amide bonds. The van der Waals surface area contributed by atoms with Crippen LogP contribution in [0.1, 0.15) is 150 Å². The molecule has 1 aliphatic rings. The van der Waals surface area contributed by atoms with E-state index < -0.39 is 51.6 Å². The Balaban J connectivity index is 4.16. The maximum atomic E-state index is 13.9. The highest BCUT2D eigenvalue weighted by molar-refractivity contribution is 6.75. The lowest BCUT2D eigenvalue weighted by molar-refractivity contribution is -0.180. The fourth-order valence-electron chi connectivity index (χ4n) is 7.37. The van der Waals surface area contributed by atoms with Gasteiger partial charge in [0.2, 0.25) is 6.29 Å². The number of esters is 1. The molecule has 0 bridgehead atoms. The molecule has 0 aromatic rings. The molecule has 0 aliphatic carbocycles. The zero-order valence-electron chi connectivity index (χ0n) is 47.2. The molecular weight excluding hydrogens is 869 g/mol. The Labute approximate surface area is 408 Å². The van der Waals surface area contributed by atoms with Crippen molar-refractivity contribution in [2.24, 2.45) is 35.5 Å². The van der Waals surface area contributed by atoms with Crippen molar-refractivity contribution in [1.82, 2.24) is 0 Å². The molecule has 0 saturated carbocycles. The average Bonchev–Trinajstić information content (AvgIpc) is 3.13. The fraction of sp³-hybridized carbons (Fsp3) is 0.800. The molecule has 378 valence electrons. The van der Waals surface area contributed by atoms with Crippen molar-refractivity contribution in [3.05, 3.63) is 61.3 Å². The van der Waals surface area contributed by atoms with Gasteiger partial charge in [0.05, 0.1) is 12.2 Å². The number of allylic oxidation sites excluding steroid dienone is 7. The van der Waals surface area contributed by atoms with Gasteiger partial charge in [-0.05, 0) is 121 Å². The van der Waals surface area contributed by atoms with Crippen LogP contribution in [0.15, 0.2) is 61.3 Å². The third kappa shape index (κ3) is 19.3. The van der Waals surface area contributed by atoms with Gasteiger partial charge in [0.15, 0.2) is 33.3 Å². The lowest BCUT2D eigenvalue weighted by Gasteiger charge is -2.46. The minimum absolute atomic E-state index is 0.0300. The third-order valence-corrected chi connectivity index (χ3v) is 34.3. The summed E-state index contributed by atoms with van der Waals surface area (Å²) < 4.78 is 35.9. The van der Waals surface area contributed by atoms with E-state index >= 15 is 0 Å². The molecule has 0 N–H and O–H groups in total. The number of cyclic esters (lactones) is 1. The summed E-state index contributed by atoms with van der Waals surface area (Å²) in [5.74, 6) is 1.04. The Morgan fingerprint density at radius 2 is 1.14 bits per heavy atom. The highest BCUT2D eigenvalue weighted by Gasteiger charge is 2.48. The summed E-state index contributed by atoms with van der Waals surface area (Å²) in [7, 11) is -9.10. The Morgan fingerprint density at radius 1 is 0.662 bits per heavy atom. The van der Waals surface area contributed by atoms with Crippen molar-refractivity contribution < 1.29 is 27.2 Å². The van der Waals surface area contributed by atoms with Crippen LogP contribution in [0.3, 0.4) is 0 Å². The van der Waals surface area contributed by atoms with Crippen LogP contribution in [0.2, 0.25) is 72.5 Å². The molecular formula is C55H106O6Si4. The minimum Gasteiger partial charge on any atom is -0.431 e. The summed E-state index contributed by atoms with van der Waals surface area (Å²) in [6.45, 7) is 61.8. The van der Waals surface area contributed by atoms with Gasteiger partial charge in [-0.1, -0.05) is 186 Å². The average molecular weight is 976 g/mol. The van der Waals surface area contributed by atoms with Crippen LogP contribution in [-0.2, 0) is 27.2 Å². The maximum absolute atomic E-state index is 13.9. The van der Waals surface area contributed by atoms with Crippen LogP contribution in [0.4, 0.5) is 0 Å². The van der Waals surface area contributed by atoms with E-state index in [4.69, 9.17) is 22.4 Å². The Hall–Kier alpha value is -1.12. The van der Waals surface area contributed by atoms with Crippen molar-refractivity contribution in [1.29, 1.82) is 0 Å². The zero-order chi connectivity index (χ0) is 50.8. The summed E-state index contributed by atoms with van der Waals surface area (Å²) in [6, 6.07) is 0. The van der Waals surface area contributed by atoms with Crippen LogP contribution in [0.25, 0.3) is 0 Å². The molecule has 65 heavy (non-hydrogen) atoms. The first kappa shape index (κ1) is 61.9. The molecule has 0 radical (unpaired) electrons. The number of hydrogen-bond donors (Lipinski definition) is 0. The van der Waals surface area contributed by atoms with E-state index in [2.05, 4.69) is 207 Å². The normalized spacial score (nSPS) is 29.9. The van der Waals surface area contributed by atoms with Crippen LogP contribution >= 0.6 is 0 Å². The lowest BCUT2D eigenvalue weighted by Crippen LogP contribution is -2.54. The second-order valence-corrected chi connectivity index (χ2v) is 45.3. The number of hydrogen-bond acceptors (Lipinski definition) is 6. The second-order valence-electron chi connectivity index (χ2n) is 26.3. The van der Waals surface area contributed by atoms with Gasteiger partial charge in [-0.15, -0.1) is 0 Å². The molecule has 1 rings (SSSR count). The summed E-state index contributed by atoms with van der Waals surface area (Å²) in [4.78, 5) is 13.9. The van der Waals surface area contributed by atoms with Crippen LogP contribution in [-0.4, -0.2) is 63.8 Å². The molecule has 0 spiro atoms. The lowest BCUT2D eigenvalue weighted by atomic mass is 9.77. The van der Waals surface area contributed by atoms with E-state index in [1.807, 2.05) is 18.2 Å². The van der Waals surface area contributed by atoms with Gasteiger partial charge in [-0.2, -0.15) is 0 Å². The van der Waals surface area contributed by atoms with Gasteiger partial charge in [-0.3, -0.25) is 0 Å². The summed E-state index contributed by atoms with van der Waals surface area (Å²) in [5.41, 5.74) is 0. The Bertz CT molecular complexity index is 1580. The quantitative estimate of drug-likeness (QED) is 0.0890. The number of ether oxygens (including phenoxy) is 1. The third-order valence-electron chi connectivity index (χ3n) is 16.4. The topological polar surface area (TPSA) is 63.2 Å². The van der Waals surface area contributed by atoms with Crippen LogP contribution in [0.5, 0.6) is 0 Å². The largest absolute Gasteiger partial charge is 0.431 e. The molecule has 0 saturated heterocycles. The van der Waals surface area contributed by atoms with Crippen molar-refractivity contribution in [2.45, 2.75) is 247 Å². The van der Waals surface area contributed by atoms with Gasteiger partial charge in [0, 0.05) is 12.0 Å². The summed E-state index contributed by atoms with van der Waals surface area (Å²) in [5, 5.41) is -0.00417.